The Kier molecular flexibility index (Phi) is 6.50. The van der Waals surface area contributed by atoms with Gasteiger partial charge < -0.3 is 10.2 Å². The predicted molar refractivity (Wildman–Crippen MR) is 78.9 cm³/mol. The van der Waals surface area contributed by atoms with Crippen molar-refractivity contribution in [2.24, 2.45) is 11.8 Å². The Morgan fingerprint density at radius 2 is 1.78 bits per heavy atom. The van der Waals surface area contributed by atoms with Crippen LogP contribution in [-0.4, -0.2) is 37.6 Å². The van der Waals surface area contributed by atoms with Crippen molar-refractivity contribution in [2.75, 3.05) is 32.7 Å². The summed E-state index contributed by atoms with van der Waals surface area (Å²) in [5.74, 6) is 1.84. The van der Waals surface area contributed by atoms with Crippen LogP contribution in [0.3, 0.4) is 0 Å². The van der Waals surface area contributed by atoms with Gasteiger partial charge in [0.2, 0.25) is 0 Å². The summed E-state index contributed by atoms with van der Waals surface area (Å²) in [6, 6.07) is 0. The summed E-state index contributed by atoms with van der Waals surface area (Å²) in [4.78, 5) is 2.63. The molecule has 0 spiro atoms. The number of hydrogen-bond donors (Lipinski definition) is 1. The van der Waals surface area contributed by atoms with Gasteiger partial charge in [0.25, 0.3) is 0 Å². The zero-order valence-electron chi connectivity index (χ0n) is 12.3. The second-order valence-corrected chi connectivity index (χ2v) is 6.61. The number of rotatable bonds is 7. The Bertz CT molecular complexity index is 205. The van der Waals surface area contributed by atoms with Crippen LogP contribution in [0, 0.1) is 11.8 Å². The molecule has 1 saturated heterocycles. The third-order valence-electron chi connectivity index (χ3n) is 4.72. The van der Waals surface area contributed by atoms with Gasteiger partial charge in [-0.05, 0) is 57.3 Å². The molecule has 1 unspecified atom stereocenters. The average Bonchev–Trinajstić information content (AvgIpc) is 2.89. The molecule has 1 aliphatic carbocycles. The van der Waals surface area contributed by atoms with Crippen LogP contribution in [0.25, 0.3) is 0 Å². The molecule has 106 valence electrons. The lowest BCUT2D eigenvalue weighted by Crippen LogP contribution is -2.32. The first-order valence-electron chi connectivity index (χ1n) is 8.27. The molecule has 1 atom stereocenters. The van der Waals surface area contributed by atoms with E-state index in [0.29, 0.717) is 0 Å². The normalized spacial score (nSPS) is 24.5. The van der Waals surface area contributed by atoms with Crippen LogP contribution in [0.5, 0.6) is 0 Å². The lowest BCUT2D eigenvalue weighted by Gasteiger charge is -2.23. The van der Waals surface area contributed by atoms with Crippen molar-refractivity contribution in [3.8, 4) is 0 Å². The van der Waals surface area contributed by atoms with Crippen LogP contribution >= 0.6 is 0 Å². The topological polar surface area (TPSA) is 15.3 Å². The van der Waals surface area contributed by atoms with Gasteiger partial charge in [0.05, 0.1) is 0 Å². The second-order valence-electron chi connectivity index (χ2n) is 6.61. The van der Waals surface area contributed by atoms with Gasteiger partial charge in [0.15, 0.2) is 0 Å². The van der Waals surface area contributed by atoms with E-state index in [-0.39, 0.29) is 0 Å². The first kappa shape index (κ1) is 14.3. The minimum absolute atomic E-state index is 0.814. The fourth-order valence-corrected chi connectivity index (χ4v) is 3.60. The molecule has 1 saturated carbocycles. The number of hydrogen-bond acceptors (Lipinski definition) is 2. The zero-order valence-corrected chi connectivity index (χ0v) is 12.3. The Balaban J connectivity index is 1.46. The molecule has 2 aliphatic rings. The van der Waals surface area contributed by atoms with Crippen molar-refractivity contribution in [2.45, 2.75) is 58.3 Å². The van der Waals surface area contributed by atoms with Gasteiger partial charge in [-0.3, -0.25) is 0 Å². The van der Waals surface area contributed by atoms with Gasteiger partial charge in [-0.1, -0.05) is 39.0 Å². The van der Waals surface area contributed by atoms with Gasteiger partial charge in [-0.15, -0.1) is 0 Å². The minimum Gasteiger partial charge on any atom is -0.316 e. The van der Waals surface area contributed by atoms with Gasteiger partial charge in [-0.2, -0.15) is 0 Å². The lowest BCUT2D eigenvalue weighted by molar-refractivity contribution is 0.278. The first-order valence-corrected chi connectivity index (χ1v) is 8.27. The van der Waals surface area contributed by atoms with Gasteiger partial charge in [0.1, 0.15) is 0 Å². The third kappa shape index (κ3) is 5.27. The van der Waals surface area contributed by atoms with Crippen LogP contribution in [-0.2, 0) is 0 Å². The van der Waals surface area contributed by atoms with Gasteiger partial charge in [-0.25, -0.2) is 0 Å². The van der Waals surface area contributed by atoms with Crippen molar-refractivity contribution in [3.63, 3.8) is 0 Å². The maximum atomic E-state index is 3.68. The molecular weight excluding hydrogens is 220 g/mol. The molecule has 2 rings (SSSR count). The fourth-order valence-electron chi connectivity index (χ4n) is 3.60. The molecule has 0 aromatic heterocycles. The van der Waals surface area contributed by atoms with E-state index in [0.717, 1.165) is 11.8 Å². The highest BCUT2D eigenvalue weighted by atomic mass is 15.1. The zero-order chi connectivity index (χ0) is 12.6. The predicted octanol–water partition coefficient (Wildman–Crippen LogP) is 3.28. The molecule has 2 fully saturated rings. The first-order chi connectivity index (χ1) is 8.84. The highest BCUT2D eigenvalue weighted by Crippen LogP contribution is 2.25. The average molecular weight is 252 g/mol. The molecule has 0 aromatic carbocycles. The minimum atomic E-state index is 0.814. The van der Waals surface area contributed by atoms with Crippen LogP contribution in [0.15, 0.2) is 0 Å². The number of nitrogens with one attached hydrogen (secondary N) is 1. The van der Waals surface area contributed by atoms with E-state index >= 15 is 0 Å². The van der Waals surface area contributed by atoms with Crippen LogP contribution in [0.2, 0.25) is 0 Å². The lowest BCUT2D eigenvalue weighted by atomic mass is 9.87. The second kappa shape index (κ2) is 8.16. The summed E-state index contributed by atoms with van der Waals surface area (Å²) in [6.45, 7) is 8.83. The maximum Gasteiger partial charge on any atom is 0.00191 e. The molecule has 1 aliphatic heterocycles. The SMILES string of the molecule is CC(CNCCC1CCCCC1)CN1CCCC1. The van der Waals surface area contributed by atoms with E-state index in [1.807, 2.05) is 0 Å². The van der Waals surface area contributed by atoms with Crippen LogP contribution in [0.4, 0.5) is 0 Å². The molecule has 0 radical (unpaired) electrons. The number of likely N-dealkylation sites (tertiary alicyclic amines) is 1. The van der Waals surface area contributed by atoms with E-state index in [9.17, 15) is 0 Å². The van der Waals surface area contributed by atoms with Crippen LogP contribution in [0.1, 0.15) is 58.3 Å². The van der Waals surface area contributed by atoms with E-state index in [4.69, 9.17) is 0 Å². The summed E-state index contributed by atoms with van der Waals surface area (Å²) in [5.41, 5.74) is 0. The molecule has 18 heavy (non-hydrogen) atoms. The quantitative estimate of drug-likeness (QED) is 0.700. The van der Waals surface area contributed by atoms with Gasteiger partial charge >= 0.3 is 0 Å². The van der Waals surface area contributed by atoms with E-state index < -0.39 is 0 Å². The van der Waals surface area contributed by atoms with E-state index in [1.165, 1.54) is 84.1 Å². The standard InChI is InChI=1S/C16H32N2/c1-15(14-18-11-5-6-12-18)13-17-10-9-16-7-3-2-4-8-16/h15-17H,2-14H2,1H3. The van der Waals surface area contributed by atoms with Crippen molar-refractivity contribution in [1.82, 2.24) is 10.2 Å². The number of nitrogens with zero attached hydrogens (tertiary/aromatic N) is 1. The molecule has 0 aromatic rings. The summed E-state index contributed by atoms with van der Waals surface area (Å²) in [7, 11) is 0. The summed E-state index contributed by atoms with van der Waals surface area (Å²) < 4.78 is 0. The van der Waals surface area contributed by atoms with E-state index in [2.05, 4.69) is 17.1 Å². The molecule has 1 heterocycles. The van der Waals surface area contributed by atoms with Crippen molar-refractivity contribution in [1.29, 1.82) is 0 Å². The molecule has 0 bridgehead atoms. The van der Waals surface area contributed by atoms with Crippen molar-refractivity contribution in [3.05, 3.63) is 0 Å². The maximum absolute atomic E-state index is 3.68. The summed E-state index contributed by atoms with van der Waals surface area (Å²) in [6.07, 6.45) is 11.7. The highest BCUT2D eigenvalue weighted by Gasteiger charge is 2.15. The molecule has 2 heteroatoms. The fraction of sp³-hybridized carbons (Fsp3) is 1.00. The molecular formula is C16H32N2. The third-order valence-corrected chi connectivity index (χ3v) is 4.72. The monoisotopic (exact) mass is 252 g/mol. The smallest absolute Gasteiger partial charge is 0.00191 e. The largest absolute Gasteiger partial charge is 0.316 e. The molecule has 2 nitrogen and oxygen atoms in total. The van der Waals surface area contributed by atoms with Crippen molar-refractivity contribution < 1.29 is 0 Å². The Morgan fingerprint density at radius 3 is 2.50 bits per heavy atom. The Labute approximate surface area is 114 Å². The van der Waals surface area contributed by atoms with E-state index in [1.54, 1.807) is 0 Å². The highest BCUT2D eigenvalue weighted by molar-refractivity contribution is 4.71. The Hall–Kier alpha value is -0.0800. The van der Waals surface area contributed by atoms with Crippen LogP contribution < -0.4 is 5.32 Å². The van der Waals surface area contributed by atoms with Gasteiger partial charge in [0, 0.05) is 6.54 Å². The molecule has 1 N–H and O–H groups in total. The summed E-state index contributed by atoms with van der Waals surface area (Å²) >= 11 is 0. The van der Waals surface area contributed by atoms with Crippen molar-refractivity contribution >= 4 is 0 Å². The Morgan fingerprint density at radius 1 is 1.06 bits per heavy atom. The summed E-state index contributed by atoms with van der Waals surface area (Å²) in [5, 5.41) is 3.68. The molecule has 0 amide bonds.